The molecule has 3 N–H and O–H groups in total. The summed E-state index contributed by atoms with van der Waals surface area (Å²) in [6.07, 6.45) is -0.431. The maximum absolute atomic E-state index is 11.6. The second-order valence-electron chi connectivity index (χ2n) is 4.53. The Morgan fingerprint density at radius 2 is 1.94 bits per heavy atom. The first kappa shape index (κ1) is 14.9. The number of carbonyl (C=O) groups excluding carboxylic acids is 1. The van der Waals surface area contributed by atoms with Gasteiger partial charge in [0.05, 0.1) is 6.42 Å². The average molecular weight is 231 g/mol. The molecule has 0 saturated heterocycles. The Morgan fingerprint density at radius 3 is 2.25 bits per heavy atom. The largest absolute Gasteiger partial charge is 0.481 e. The highest BCUT2D eigenvalue weighted by Gasteiger charge is 2.28. The highest BCUT2D eigenvalue weighted by molar-refractivity contribution is 6.46. The molecular weight excluding hydrogens is 213 g/mol. The van der Waals surface area contributed by atoms with Gasteiger partial charge in [0.15, 0.2) is 0 Å². The summed E-state index contributed by atoms with van der Waals surface area (Å²) >= 11 is 0. The summed E-state index contributed by atoms with van der Waals surface area (Å²) in [6, 6.07) is -1.04. The first-order valence-corrected chi connectivity index (χ1v) is 5.00. The van der Waals surface area contributed by atoms with Gasteiger partial charge in [-0.2, -0.15) is 0 Å². The lowest BCUT2D eigenvalue weighted by Crippen LogP contribution is -2.48. The molecule has 7 heteroatoms. The van der Waals surface area contributed by atoms with Crippen molar-refractivity contribution in [2.75, 3.05) is 0 Å². The number of esters is 1. The first-order valence-electron chi connectivity index (χ1n) is 5.00. The summed E-state index contributed by atoms with van der Waals surface area (Å²) in [7, 11) is -0.975. The fourth-order valence-electron chi connectivity index (χ4n) is 1.05. The average Bonchev–Trinajstić information content (AvgIpc) is 1.97. The van der Waals surface area contributed by atoms with Crippen molar-refractivity contribution >= 4 is 19.0 Å². The van der Waals surface area contributed by atoms with E-state index in [1.807, 2.05) is 0 Å². The van der Waals surface area contributed by atoms with E-state index in [1.165, 1.54) is 6.82 Å². The molecule has 0 aliphatic heterocycles. The van der Waals surface area contributed by atoms with Crippen LogP contribution in [-0.4, -0.2) is 40.8 Å². The summed E-state index contributed by atoms with van der Waals surface area (Å²) in [5.74, 6) is -1.82. The molecule has 1 unspecified atom stereocenters. The third-order valence-electron chi connectivity index (χ3n) is 1.51. The SMILES string of the molecule is CB(O)NC(CC(=O)O)C(=O)OC(C)(C)C. The number of nitrogens with one attached hydrogen (secondary N) is 1. The minimum atomic E-state index is -1.14. The van der Waals surface area contributed by atoms with E-state index < -0.39 is 37.1 Å². The Morgan fingerprint density at radius 1 is 1.44 bits per heavy atom. The van der Waals surface area contributed by atoms with Crippen LogP contribution in [0.15, 0.2) is 0 Å². The maximum Gasteiger partial charge on any atom is 0.374 e. The molecule has 0 radical (unpaired) electrons. The van der Waals surface area contributed by atoms with E-state index >= 15 is 0 Å². The van der Waals surface area contributed by atoms with Crippen molar-refractivity contribution < 1.29 is 24.5 Å². The van der Waals surface area contributed by atoms with E-state index in [9.17, 15) is 9.59 Å². The first-order chi connectivity index (χ1) is 7.11. The Hall–Kier alpha value is -1.08. The second-order valence-corrected chi connectivity index (χ2v) is 4.53. The topological polar surface area (TPSA) is 95.9 Å². The van der Waals surface area contributed by atoms with Gasteiger partial charge in [0, 0.05) is 0 Å². The molecule has 0 aromatic heterocycles. The summed E-state index contributed by atoms with van der Waals surface area (Å²) in [5.41, 5.74) is -0.686. The van der Waals surface area contributed by atoms with Crippen molar-refractivity contribution in [1.29, 1.82) is 0 Å². The molecule has 0 amide bonds. The van der Waals surface area contributed by atoms with Crippen molar-refractivity contribution in [3.63, 3.8) is 0 Å². The van der Waals surface area contributed by atoms with Gasteiger partial charge >= 0.3 is 19.0 Å². The molecule has 0 bridgehead atoms. The molecule has 6 nitrogen and oxygen atoms in total. The quantitative estimate of drug-likeness (QED) is 0.450. The molecule has 0 aromatic carbocycles. The summed E-state index contributed by atoms with van der Waals surface area (Å²) in [6.45, 7) is 6.46. The number of carbonyl (C=O) groups is 2. The van der Waals surface area contributed by atoms with Crippen molar-refractivity contribution in [3.05, 3.63) is 0 Å². The summed E-state index contributed by atoms with van der Waals surface area (Å²) in [5, 5.41) is 20.1. The maximum atomic E-state index is 11.6. The van der Waals surface area contributed by atoms with E-state index in [0.717, 1.165) is 0 Å². The molecule has 0 spiro atoms. The lowest BCUT2D eigenvalue weighted by atomic mass is 9.86. The van der Waals surface area contributed by atoms with Crippen molar-refractivity contribution in [3.8, 4) is 0 Å². The molecule has 0 aliphatic carbocycles. The van der Waals surface area contributed by atoms with E-state index in [0.29, 0.717) is 0 Å². The zero-order valence-electron chi connectivity index (χ0n) is 9.98. The summed E-state index contributed by atoms with van der Waals surface area (Å²) < 4.78 is 5.03. The molecule has 0 saturated carbocycles. The lowest BCUT2D eigenvalue weighted by molar-refractivity contribution is -0.159. The van der Waals surface area contributed by atoms with Crippen LogP contribution in [0, 0.1) is 0 Å². The van der Waals surface area contributed by atoms with Gasteiger partial charge in [-0.3, -0.25) is 9.59 Å². The Balaban J connectivity index is 4.49. The predicted molar refractivity (Wildman–Crippen MR) is 58.9 cm³/mol. The van der Waals surface area contributed by atoms with Gasteiger partial charge < -0.3 is 20.1 Å². The van der Waals surface area contributed by atoms with Crippen LogP contribution in [0.25, 0.3) is 0 Å². The van der Waals surface area contributed by atoms with E-state index in [2.05, 4.69) is 5.23 Å². The minimum absolute atomic E-state index is 0.431. The van der Waals surface area contributed by atoms with Crippen LogP contribution in [0.3, 0.4) is 0 Å². The fraction of sp³-hybridized carbons (Fsp3) is 0.778. The number of hydrogen-bond donors (Lipinski definition) is 3. The predicted octanol–water partition coefficient (Wildman–Crippen LogP) is -0.129. The fourth-order valence-corrected chi connectivity index (χ4v) is 1.05. The second kappa shape index (κ2) is 5.86. The van der Waals surface area contributed by atoms with Crippen LogP contribution in [-0.2, 0) is 14.3 Å². The van der Waals surface area contributed by atoms with Crippen molar-refractivity contribution in [2.45, 2.75) is 45.7 Å². The smallest absolute Gasteiger partial charge is 0.374 e. The monoisotopic (exact) mass is 231 g/mol. The van der Waals surface area contributed by atoms with Gasteiger partial charge in [0.2, 0.25) is 0 Å². The van der Waals surface area contributed by atoms with E-state index in [1.54, 1.807) is 20.8 Å². The van der Waals surface area contributed by atoms with Gasteiger partial charge in [-0.1, -0.05) is 0 Å². The van der Waals surface area contributed by atoms with Gasteiger partial charge in [0.25, 0.3) is 0 Å². The van der Waals surface area contributed by atoms with Gasteiger partial charge in [-0.25, -0.2) is 0 Å². The Bertz CT molecular complexity index is 261. The molecular formula is C9H18BNO5. The third-order valence-corrected chi connectivity index (χ3v) is 1.51. The zero-order valence-corrected chi connectivity index (χ0v) is 9.98. The lowest BCUT2D eigenvalue weighted by Gasteiger charge is -2.24. The number of hydrogen-bond acceptors (Lipinski definition) is 5. The van der Waals surface area contributed by atoms with Gasteiger partial charge in [0.1, 0.15) is 11.6 Å². The highest BCUT2D eigenvalue weighted by atomic mass is 16.6. The summed E-state index contributed by atoms with van der Waals surface area (Å²) in [4.78, 5) is 22.1. The van der Waals surface area contributed by atoms with Gasteiger partial charge in [-0.05, 0) is 27.6 Å². The molecule has 0 aliphatic rings. The van der Waals surface area contributed by atoms with Crippen molar-refractivity contribution in [2.24, 2.45) is 0 Å². The number of aliphatic carboxylic acids is 1. The Kier molecular flexibility index (Phi) is 5.47. The van der Waals surface area contributed by atoms with Gasteiger partial charge in [-0.15, -0.1) is 0 Å². The van der Waals surface area contributed by atoms with Crippen LogP contribution in [0.5, 0.6) is 0 Å². The highest BCUT2D eigenvalue weighted by Crippen LogP contribution is 2.09. The van der Waals surface area contributed by atoms with Crippen LogP contribution < -0.4 is 5.23 Å². The molecule has 0 heterocycles. The standard InChI is InChI=1S/C9H18BNO5/c1-9(2,3)16-8(14)6(5-7(12)13)11-10(4)15/h6,11,15H,5H2,1-4H3,(H,12,13). The zero-order chi connectivity index (χ0) is 12.9. The van der Waals surface area contributed by atoms with E-state index in [4.69, 9.17) is 14.9 Å². The molecule has 0 aromatic rings. The van der Waals surface area contributed by atoms with Crippen LogP contribution in [0.2, 0.25) is 6.82 Å². The van der Waals surface area contributed by atoms with Crippen molar-refractivity contribution in [1.82, 2.24) is 5.23 Å². The van der Waals surface area contributed by atoms with Crippen LogP contribution in [0.4, 0.5) is 0 Å². The molecule has 0 fully saturated rings. The molecule has 0 rings (SSSR count). The van der Waals surface area contributed by atoms with Crippen LogP contribution >= 0.6 is 0 Å². The number of carboxylic acids is 1. The minimum Gasteiger partial charge on any atom is -0.481 e. The van der Waals surface area contributed by atoms with Crippen LogP contribution in [0.1, 0.15) is 27.2 Å². The number of carboxylic acid groups (broad SMARTS) is 1. The third kappa shape index (κ3) is 7.25. The number of ether oxygens (including phenoxy) is 1. The number of rotatable bonds is 5. The molecule has 1 atom stereocenters. The Labute approximate surface area is 95.1 Å². The molecule has 92 valence electrons. The van der Waals surface area contributed by atoms with E-state index in [-0.39, 0.29) is 0 Å². The molecule has 16 heavy (non-hydrogen) atoms. The normalized spacial score (nSPS) is 13.1.